The summed E-state index contributed by atoms with van der Waals surface area (Å²) in [4.78, 5) is 1.56. The number of rotatable bonds is 19. The monoisotopic (exact) mass is 802 g/mol. The Hall–Kier alpha value is -0.700. The summed E-state index contributed by atoms with van der Waals surface area (Å²) in [5.41, 5.74) is 0. The molecule has 6 aliphatic rings. The highest BCUT2D eigenvalue weighted by Gasteiger charge is 2.60. The minimum absolute atomic E-state index is 0.194. The van der Waals surface area contributed by atoms with Gasteiger partial charge in [-0.15, -0.1) is 0 Å². The molecule has 310 valence electrons. The van der Waals surface area contributed by atoms with Crippen LogP contribution >= 0.6 is 24.4 Å². The van der Waals surface area contributed by atoms with Gasteiger partial charge in [0.05, 0.1) is 35.4 Å². The second-order valence-electron chi connectivity index (χ2n) is 17.2. The Morgan fingerprint density at radius 3 is 1.20 bits per heavy atom. The van der Waals surface area contributed by atoms with Gasteiger partial charge in [0.25, 0.3) is 0 Å². The van der Waals surface area contributed by atoms with Gasteiger partial charge in [-0.25, -0.2) is 0 Å². The Kier molecular flexibility index (Phi) is 14.3. The van der Waals surface area contributed by atoms with E-state index < -0.39 is 23.1 Å². The van der Waals surface area contributed by atoms with Crippen LogP contribution in [-0.4, -0.2) is 147 Å². The molecule has 54 heavy (non-hydrogen) atoms. The summed E-state index contributed by atoms with van der Waals surface area (Å²) >= 11 is 11.4. The molecule has 0 saturated carbocycles. The molecule has 0 aromatic rings. The van der Waals surface area contributed by atoms with Crippen molar-refractivity contribution < 1.29 is 47.4 Å². The van der Waals surface area contributed by atoms with Gasteiger partial charge in [-0.1, -0.05) is 24.4 Å². The standard InChI is InChI=1S/C38H66N4O10S2/c1-35(2)43-21-25(47-35)29-33-31(49-37(5,6)51-33)23(45-29)19-27(53)41-17-11-15-39-13-9-10-14-40-16-12-18-42-28(54)20-24-32-34(52-38(7,8)50-32)30(46-24)26-22-44-36(3,4)48-26/h23-26,29-34,39-40H,9-22H2,1-8H3,(H,41,53)(H,42,54)/t23-,24-,25-,26-,29+,30+,31+,32+,33-,34-/m0/s1. The summed E-state index contributed by atoms with van der Waals surface area (Å²) in [6, 6.07) is 0. The third-order valence-corrected chi connectivity index (χ3v) is 11.2. The van der Waals surface area contributed by atoms with Crippen molar-refractivity contribution in [1.29, 1.82) is 0 Å². The molecule has 0 unspecified atom stereocenters. The lowest BCUT2D eigenvalue weighted by atomic mass is 10.0. The predicted molar refractivity (Wildman–Crippen MR) is 209 cm³/mol. The van der Waals surface area contributed by atoms with E-state index in [2.05, 4.69) is 21.3 Å². The molecule has 0 aromatic heterocycles. The summed E-state index contributed by atoms with van der Waals surface area (Å²) in [6.07, 6.45) is 3.26. The number of hydrogen-bond donors (Lipinski definition) is 4. The molecule has 6 saturated heterocycles. The molecule has 6 rings (SSSR count). The quantitative estimate of drug-likeness (QED) is 0.112. The van der Waals surface area contributed by atoms with E-state index in [0.29, 0.717) is 26.1 Å². The fraction of sp³-hybridized carbons (Fsp3) is 0.947. The van der Waals surface area contributed by atoms with Gasteiger partial charge < -0.3 is 68.6 Å². The van der Waals surface area contributed by atoms with E-state index in [1.165, 1.54) is 0 Å². The van der Waals surface area contributed by atoms with Crippen LogP contribution in [0.15, 0.2) is 0 Å². The molecule has 16 heteroatoms. The zero-order valence-corrected chi connectivity index (χ0v) is 35.2. The van der Waals surface area contributed by atoms with Gasteiger partial charge in [0.1, 0.15) is 48.8 Å². The molecule has 6 heterocycles. The summed E-state index contributed by atoms with van der Waals surface area (Å²) in [7, 11) is 0. The first-order valence-corrected chi connectivity index (χ1v) is 20.9. The zero-order chi connectivity index (χ0) is 38.7. The topological polar surface area (TPSA) is 140 Å². The smallest absolute Gasteiger partial charge is 0.164 e. The van der Waals surface area contributed by atoms with Crippen LogP contribution in [0, 0.1) is 0 Å². The number of thiocarbonyl (C=S) groups is 2. The van der Waals surface area contributed by atoms with E-state index in [1.807, 2.05) is 55.4 Å². The highest BCUT2D eigenvalue weighted by Crippen LogP contribution is 2.44. The van der Waals surface area contributed by atoms with Crippen molar-refractivity contribution in [3.63, 3.8) is 0 Å². The Morgan fingerprint density at radius 2 is 0.833 bits per heavy atom. The van der Waals surface area contributed by atoms with Crippen LogP contribution in [0.2, 0.25) is 0 Å². The second-order valence-corrected chi connectivity index (χ2v) is 18.2. The average Bonchev–Trinajstić information content (AvgIpc) is 3.90. The van der Waals surface area contributed by atoms with Crippen molar-refractivity contribution in [3.05, 3.63) is 0 Å². The maximum Gasteiger partial charge on any atom is 0.164 e. The van der Waals surface area contributed by atoms with Crippen LogP contribution in [0.25, 0.3) is 0 Å². The largest absolute Gasteiger partial charge is 0.380 e. The van der Waals surface area contributed by atoms with E-state index in [1.54, 1.807) is 0 Å². The molecule has 4 N–H and O–H groups in total. The number of nitrogens with one attached hydrogen (secondary N) is 4. The minimum Gasteiger partial charge on any atom is -0.380 e. The first kappa shape index (κ1) is 42.9. The third kappa shape index (κ3) is 11.5. The highest BCUT2D eigenvalue weighted by molar-refractivity contribution is 7.80. The molecule has 6 fully saturated rings. The lowest BCUT2D eigenvalue weighted by Gasteiger charge is -2.27. The molecule has 0 bridgehead atoms. The van der Waals surface area contributed by atoms with Gasteiger partial charge >= 0.3 is 0 Å². The summed E-state index contributed by atoms with van der Waals surface area (Å²) < 4.78 is 61.6. The molecule has 0 spiro atoms. The first-order valence-electron chi connectivity index (χ1n) is 20.1. The van der Waals surface area contributed by atoms with Crippen molar-refractivity contribution >= 4 is 34.4 Å². The Balaban J connectivity index is 0.754. The van der Waals surface area contributed by atoms with Crippen LogP contribution in [0.3, 0.4) is 0 Å². The van der Waals surface area contributed by atoms with E-state index in [9.17, 15) is 0 Å². The molecule has 10 atom stereocenters. The fourth-order valence-corrected chi connectivity index (χ4v) is 8.79. The Bertz CT molecular complexity index is 1180. The van der Waals surface area contributed by atoms with Crippen molar-refractivity contribution in [2.45, 2.75) is 178 Å². The molecule has 0 aromatic carbocycles. The third-order valence-electron chi connectivity index (χ3n) is 10.6. The molecule has 0 amide bonds. The second kappa shape index (κ2) is 18.1. The maximum absolute atomic E-state index is 6.43. The average molecular weight is 803 g/mol. The van der Waals surface area contributed by atoms with Gasteiger partial charge in [-0.3, -0.25) is 0 Å². The van der Waals surface area contributed by atoms with Crippen molar-refractivity contribution in [3.8, 4) is 0 Å². The predicted octanol–water partition coefficient (Wildman–Crippen LogP) is 3.22. The lowest BCUT2D eigenvalue weighted by molar-refractivity contribution is -0.206. The molecule has 0 radical (unpaired) electrons. The summed E-state index contributed by atoms with van der Waals surface area (Å²) in [5.74, 6) is -2.60. The zero-order valence-electron chi connectivity index (χ0n) is 33.6. The fourth-order valence-electron chi connectivity index (χ4n) is 8.25. The maximum atomic E-state index is 6.43. The lowest BCUT2D eigenvalue weighted by Crippen LogP contribution is -2.40. The van der Waals surface area contributed by atoms with Crippen LogP contribution in [-0.2, 0) is 47.4 Å². The Labute approximate surface area is 332 Å². The summed E-state index contributed by atoms with van der Waals surface area (Å²) in [6.45, 7) is 21.9. The number of ether oxygens (including phenoxy) is 10. The SMILES string of the molecule is CC1(C)O[C@@H]2[C@H](O1)[C@H](CC(=S)NCCCNCCCCNCCCNC(=S)C[C@@H]1O[C@H]([C@@H]3COC(C)(C)O3)[C@@H]3OC(C)(C)O[C@@H]31)O[C@@H]2[C@@H]1COC(C)(C)O1. The van der Waals surface area contributed by atoms with E-state index in [-0.39, 0.29) is 61.0 Å². The number of fused-ring (bicyclic) bond motifs is 2. The molecular weight excluding hydrogens is 737 g/mol. The Morgan fingerprint density at radius 1 is 0.463 bits per heavy atom. The van der Waals surface area contributed by atoms with E-state index >= 15 is 0 Å². The van der Waals surface area contributed by atoms with Gasteiger partial charge in [0.2, 0.25) is 0 Å². The van der Waals surface area contributed by atoms with Crippen molar-refractivity contribution in [1.82, 2.24) is 21.3 Å². The first-order chi connectivity index (χ1) is 25.5. The molecule has 14 nitrogen and oxygen atoms in total. The molecule has 0 aliphatic carbocycles. The normalized spacial score (nSPS) is 37.0. The highest BCUT2D eigenvalue weighted by atomic mass is 32.1. The minimum atomic E-state index is -0.671. The van der Waals surface area contributed by atoms with Crippen LogP contribution < -0.4 is 21.3 Å². The van der Waals surface area contributed by atoms with Gasteiger partial charge in [0.15, 0.2) is 23.1 Å². The van der Waals surface area contributed by atoms with Crippen molar-refractivity contribution in [2.75, 3.05) is 52.5 Å². The number of unbranched alkanes of at least 4 members (excludes halogenated alkanes) is 1. The van der Waals surface area contributed by atoms with Crippen LogP contribution in [0.1, 0.15) is 93.9 Å². The molecular formula is C38H66N4O10S2. The van der Waals surface area contributed by atoms with Gasteiger partial charge in [-0.05, 0) is 107 Å². The van der Waals surface area contributed by atoms with Crippen molar-refractivity contribution in [2.24, 2.45) is 0 Å². The summed E-state index contributed by atoms with van der Waals surface area (Å²) in [5, 5.41) is 13.9. The van der Waals surface area contributed by atoms with E-state index in [4.69, 9.17) is 71.8 Å². The van der Waals surface area contributed by atoms with Gasteiger partial charge in [0, 0.05) is 25.9 Å². The number of hydrogen-bond acceptors (Lipinski definition) is 14. The van der Waals surface area contributed by atoms with Gasteiger partial charge in [-0.2, -0.15) is 0 Å². The van der Waals surface area contributed by atoms with Crippen LogP contribution in [0.5, 0.6) is 0 Å². The van der Waals surface area contributed by atoms with E-state index in [0.717, 1.165) is 74.9 Å². The molecule has 6 aliphatic heterocycles. The van der Waals surface area contributed by atoms with Crippen LogP contribution in [0.4, 0.5) is 0 Å².